The lowest BCUT2D eigenvalue weighted by Gasteiger charge is -2.05. The molecule has 2 aliphatic heterocycles. The third-order valence-corrected chi connectivity index (χ3v) is 1.84. The summed E-state index contributed by atoms with van der Waals surface area (Å²) >= 11 is 0. The van der Waals surface area contributed by atoms with Crippen LogP contribution in [0.3, 0.4) is 0 Å². The number of rotatable bonds is 4. The third-order valence-electron chi connectivity index (χ3n) is 1.84. The predicted molar refractivity (Wildman–Crippen MR) is 34.6 cm³/mol. The van der Waals surface area contributed by atoms with Crippen LogP contribution in [-0.4, -0.2) is 32.2 Å². The van der Waals surface area contributed by atoms with Crippen LogP contribution in [0.15, 0.2) is 0 Å². The molecule has 3 unspecified atom stereocenters. The van der Waals surface area contributed by atoms with Crippen molar-refractivity contribution in [2.45, 2.75) is 19.3 Å². The van der Waals surface area contributed by atoms with Crippen LogP contribution in [0, 0.1) is 5.92 Å². The second-order valence-electron chi connectivity index (χ2n) is 2.95. The quantitative estimate of drug-likeness (QED) is 0.535. The molecule has 10 heavy (non-hydrogen) atoms. The highest BCUT2D eigenvalue weighted by atomic mass is 16.8. The average Bonchev–Trinajstić information content (AvgIpc) is 2.76. The van der Waals surface area contributed by atoms with Gasteiger partial charge in [-0.1, -0.05) is 6.92 Å². The highest BCUT2D eigenvalue weighted by molar-refractivity contribution is 4.75. The molecule has 2 aliphatic rings. The minimum atomic E-state index is 0.0983. The molecule has 3 heteroatoms. The van der Waals surface area contributed by atoms with Crippen LogP contribution in [-0.2, 0) is 14.2 Å². The maximum absolute atomic E-state index is 5.31. The lowest BCUT2D eigenvalue weighted by molar-refractivity contribution is 0.0258. The van der Waals surface area contributed by atoms with Crippen LogP contribution in [0.2, 0.25) is 0 Å². The van der Waals surface area contributed by atoms with E-state index in [9.17, 15) is 0 Å². The Morgan fingerprint density at radius 2 is 2.20 bits per heavy atom. The van der Waals surface area contributed by atoms with Crippen molar-refractivity contribution in [3.05, 3.63) is 0 Å². The molecule has 2 saturated heterocycles. The normalized spacial score (nSPS) is 39.3. The van der Waals surface area contributed by atoms with Gasteiger partial charge in [0.2, 0.25) is 0 Å². The van der Waals surface area contributed by atoms with Crippen molar-refractivity contribution in [3.63, 3.8) is 0 Å². The Morgan fingerprint density at radius 1 is 1.50 bits per heavy atom. The van der Waals surface area contributed by atoms with Crippen molar-refractivity contribution in [2.75, 3.05) is 19.8 Å². The van der Waals surface area contributed by atoms with Crippen molar-refractivity contribution in [1.29, 1.82) is 0 Å². The van der Waals surface area contributed by atoms with Crippen LogP contribution in [0.4, 0.5) is 0 Å². The molecule has 3 nitrogen and oxygen atoms in total. The van der Waals surface area contributed by atoms with E-state index < -0.39 is 0 Å². The van der Waals surface area contributed by atoms with Gasteiger partial charge < -0.3 is 14.2 Å². The van der Waals surface area contributed by atoms with Gasteiger partial charge in [0.25, 0.3) is 0 Å². The van der Waals surface area contributed by atoms with Gasteiger partial charge in [0.05, 0.1) is 19.3 Å². The monoisotopic (exact) mass is 144 g/mol. The van der Waals surface area contributed by atoms with Gasteiger partial charge in [0.15, 0.2) is 6.29 Å². The molecular weight excluding hydrogens is 132 g/mol. The second-order valence-corrected chi connectivity index (χ2v) is 2.95. The van der Waals surface area contributed by atoms with Gasteiger partial charge in [-0.2, -0.15) is 0 Å². The number of ether oxygens (including phenoxy) is 3. The van der Waals surface area contributed by atoms with Crippen LogP contribution in [0.5, 0.6) is 0 Å². The lowest BCUT2D eigenvalue weighted by Crippen LogP contribution is -2.13. The molecule has 0 amide bonds. The molecular formula is C7H12O3. The Bertz CT molecular complexity index is 118. The highest BCUT2D eigenvalue weighted by Crippen LogP contribution is 2.21. The summed E-state index contributed by atoms with van der Waals surface area (Å²) in [4.78, 5) is 0. The Labute approximate surface area is 60.3 Å². The van der Waals surface area contributed by atoms with E-state index in [1.807, 2.05) is 0 Å². The van der Waals surface area contributed by atoms with E-state index in [2.05, 4.69) is 6.92 Å². The first-order valence-electron chi connectivity index (χ1n) is 3.71. The van der Waals surface area contributed by atoms with Crippen LogP contribution in [0.25, 0.3) is 0 Å². The van der Waals surface area contributed by atoms with E-state index in [1.54, 1.807) is 0 Å². The second kappa shape index (κ2) is 2.49. The van der Waals surface area contributed by atoms with Gasteiger partial charge in [-0.15, -0.1) is 0 Å². The van der Waals surface area contributed by atoms with Gasteiger partial charge in [-0.3, -0.25) is 0 Å². The average molecular weight is 144 g/mol. The maximum Gasteiger partial charge on any atom is 0.181 e. The molecule has 2 fully saturated rings. The summed E-state index contributed by atoms with van der Waals surface area (Å²) in [7, 11) is 0. The minimum absolute atomic E-state index is 0.0983. The molecule has 0 spiro atoms. The van der Waals surface area contributed by atoms with Gasteiger partial charge in [-0.25, -0.2) is 0 Å². The van der Waals surface area contributed by atoms with Crippen molar-refractivity contribution < 1.29 is 14.2 Å². The van der Waals surface area contributed by atoms with Crippen LogP contribution >= 0.6 is 0 Å². The summed E-state index contributed by atoms with van der Waals surface area (Å²) in [6.07, 6.45) is 0.556. The first-order valence-corrected chi connectivity index (χ1v) is 3.71. The summed E-state index contributed by atoms with van der Waals surface area (Å²) in [5, 5.41) is 0. The van der Waals surface area contributed by atoms with Crippen molar-refractivity contribution >= 4 is 0 Å². The number of hydrogen-bond acceptors (Lipinski definition) is 3. The van der Waals surface area contributed by atoms with Gasteiger partial charge in [-0.05, 0) is 0 Å². The zero-order chi connectivity index (χ0) is 6.97. The fraction of sp³-hybridized carbons (Fsp3) is 1.00. The van der Waals surface area contributed by atoms with E-state index in [4.69, 9.17) is 14.2 Å². The molecule has 58 valence electrons. The largest absolute Gasteiger partial charge is 0.373 e. The van der Waals surface area contributed by atoms with Crippen LogP contribution < -0.4 is 0 Å². The van der Waals surface area contributed by atoms with E-state index in [0.717, 1.165) is 19.8 Å². The Hall–Kier alpha value is -0.120. The van der Waals surface area contributed by atoms with Crippen molar-refractivity contribution in [1.82, 2.24) is 0 Å². The van der Waals surface area contributed by atoms with E-state index in [1.165, 1.54) is 0 Å². The third kappa shape index (κ3) is 1.68. The van der Waals surface area contributed by atoms with E-state index in [-0.39, 0.29) is 6.29 Å². The Kier molecular flexibility index (Phi) is 1.64. The molecule has 0 aromatic rings. The molecule has 3 atom stereocenters. The number of hydrogen-bond donors (Lipinski definition) is 0. The van der Waals surface area contributed by atoms with E-state index >= 15 is 0 Å². The molecule has 0 aromatic carbocycles. The summed E-state index contributed by atoms with van der Waals surface area (Å²) < 4.78 is 15.3. The molecule has 0 radical (unpaired) electrons. The van der Waals surface area contributed by atoms with Gasteiger partial charge in [0.1, 0.15) is 6.61 Å². The SMILES string of the molecule is CC(COC1CO1)C1CO1. The lowest BCUT2D eigenvalue weighted by atomic mass is 10.1. The highest BCUT2D eigenvalue weighted by Gasteiger charge is 2.31. The zero-order valence-corrected chi connectivity index (χ0v) is 6.08. The minimum Gasteiger partial charge on any atom is -0.373 e. The first kappa shape index (κ1) is 6.58. The Balaban J connectivity index is 1.58. The van der Waals surface area contributed by atoms with Crippen LogP contribution in [0.1, 0.15) is 6.92 Å². The Morgan fingerprint density at radius 3 is 2.70 bits per heavy atom. The number of epoxide rings is 2. The van der Waals surface area contributed by atoms with Gasteiger partial charge >= 0.3 is 0 Å². The fourth-order valence-corrected chi connectivity index (χ4v) is 0.886. The molecule has 0 aliphatic carbocycles. The van der Waals surface area contributed by atoms with Gasteiger partial charge in [0, 0.05) is 5.92 Å². The predicted octanol–water partition coefficient (Wildman–Crippen LogP) is 0.394. The van der Waals surface area contributed by atoms with Crippen molar-refractivity contribution in [3.8, 4) is 0 Å². The standard InChI is InChI=1S/C7H12O3/c1-5(6-3-8-6)2-9-7-4-10-7/h5-7H,2-4H2,1H3. The fourth-order valence-electron chi connectivity index (χ4n) is 0.886. The molecule has 2 rings (SSSR count). The zero-order valence-electron chi connectivity index (χ0n) is 6.08. The molecule has 2 heterocycles. The summed E-state index contributed by atoms with van der Waals surface area (Å²) in [6.45, 7) is 4.60. The topological polar surface area (TPSA) is 34.3 Å². The van der Waals surface area contributed by atoms with Crippen molar-refractivity contribution in [2.24, 2.45) is 5.92 Å². The summed E-state index contributed by atoms with van der Waals surface area (Å²) in [6, 6.07) is 0. The maximum atomic E-state index is 5.31. The van der Waals surface area contributed by atoms with E-state index in [0.29, 0.717) is 12.0 Å². The molecule has 0 aromatic heterocycles. The summed E-state index contributed by atoms with van der Waals surface area (Å²) in [5.41, 5.74) is 0. The smallest absolute Gasteiger partial charge is 0.181 e. The molecule has 0 saturated carbocycles. The molecule has 0 bridgehead atoms. The summed E-state index contributed by atoms with van der Waals surface area (Å²) in [5.74, 6) is 0.532. The molecule has 0 N–H and O–H groups in total. The first-order chi connectivity index (χ1) is 4.86.